The van der Waals surface area contributed by atoms with Gasteiger partial charge >= 0.3 is 11.9 Å². The molecule has 1 N–H and O–H groups in total. The van der Waals surface area contributed by atoms with Gasteiger partial charge in [0.05, 0.1) is 7.11 Å². The van der Waals surface area contributed by atoms with Crippen molar-refractivity contribution in [2.24, 2.45) is 0 Å². The van der Waals surface area contributed by atoms with Gasteiger partial charge in [-0.05, 0) is 19.3 Å². The third-order valence-corrected chi connectivity index (χ3v) is 3.01. The zero-order valence-corrected chi connectivity index (χ0v) is 10.8. The van der Waals surface area contributed by atoms with Crippen molar-refractivity contribution >= 4 is 23.8 Å². The van der Waals surface area contributed by atoms with Crippen molar-refractivity contribution in [2.45, 2.75) is 44.6 Å². The maximum Gasteiger partial charge on any atom is 0.326 e. The van der Waals surface area contributed by atoms with E-state index < -0.39 is 29.8 Å². The van der Waals surface area contributed by atoms with Crippen LogP contribution < -0.4 is 0 Å². The van der Waals surface area contributed by atoms with Crippen LogP contribution in [0.1, 0.15) is 38.5 Å². The van der Waals surface area contributed by atoms with Gasteiger partial charge in [0.25, 0.3) is 0 Å². The zero-order chi connectivity index (χ0) is 14.4. The monoisotopic (exact) mass is 271 g/mol. The highest BCUT2D eigenvalue weighted by Crippen LogP contribution is 2.18. The van der Waals surface area contributed by atoms with E-state index >= 15 is 0 Å². The first-order chi connectivity index (χ1) is 8.97. The predicted molar refractivity (Wildman–Crippen MR) is 63.0 cm³/mol. The number of amides is 2. The summed E-state index contributed by atoms with van der Waals surface area (Å²) in [7, 11) is 1.19. The number of carboxylic acids is 1. The molecule has 0 bridgehead atoms. The molecule has 1 rings (SSSR count). The van der Waals surface area contributed by atoms with Crippen LogP contribution in [0.25, 0.3) is 0 Å². The normalized spacial score (nSPS) is 17.8. The number of likely N-dealkylation sites (tertiary alicyclic amines) is 1. The van der Waals surface area contributed by atoms with Crippen LogP contribution in [0, 0.1) is 0 Å². The summed E-state index contributed by atoms with van der Waals surface area (Å²) in [5, 5.41) is 9.14. The van der Waals surface area contributed by atoms with Gasteiger partial charge in [-0.1, -0.05) is 0 Å². The molecule has 1 heterocycles. The first-order valence-electron chi connectivity index (χ1n) is 6.12. The van der Waals surface area contributed by atoms with E-state index in [0.717, 1.165) is 4.90 Å². The average Bonchev–Trinajstić information content (AvgIpc) is 2.52. The predicted octanol–water partition coefficient (Wildman–Crippen LogP) is 0.322. The van der Waals surface area contributed by atoms with E-state index in [9.17, 15) is 19.2 Å². The van der Waals surface area contributed by atoms with E-state index in [1.165, 1.54) is 7.11 Å². The molecule has 1 atom stereocenters. The van der Waals surface area contributed by atoms with Gasteiger partial charge in [0.2, 0.25) is 11.8 Å². The van der Waals surface area contributed by atoms with Crippen molar-refractivity contribution < 1.29 is 29.0 Å². The molecule has 7 heteroatoms. The minimum Gasteiger partial charge on any atom is -0.480 e. The fourth-order valence-electron chi connectivity index (χ4n) is 2.00. The fraction of sp³-hybridized carbons (Fsp3) is 0.667. The number of nitrogens with zero attached hydrogens (tertiary/aromatic N) is 1. The Bertz CT molecular complexity index is 374. The molecular formula is C12H17NO6. The van der Waals surface area contributed by atoms with Crippen LogP contribution in [0.2, 0.25) is 0 Å². The van der Waals surface area contributed by atoms with Gasteiger partial charge in [-0.2, -0.15) is 0 Å². The van der Waals surface area contributed by atoms with Gasteiger partial charge in [0.15, 0.2) is 0 Å². The summed E-state index contributed by atoms with van der Waals surface area (Å²) in [5.74, 6) is -2.83. The minimum absolute atomic E-state index is 0.126. The highest BCUT2D eigenvalue weighted by molar-refractivity contribution is 5.99. The number of imide groups is 1. The SMILES string of the molecule is COC(=O)CCC(C(=O)O)N1C(=O)CCCCC1=O. The Morgan fingerprint density at radius 2 is 1.79 bits per heavy atom. The van der Waals surface area contributed by atoms with Crippen molar-refractivity contribution in [3.63, 3.8) is 0 Å². The molecule has 19 heavy (non-hydrogen) atoms. The molecule has 0 spiro atoms. The van der Waals surface area contributed by atoms with E-state index in [4.69, 9.17) is 5.11 Å². The lowest BCUT2D eigenvalue weighted by molar-refractivity contribution is -0.158. The van der Waals surface area contributed by atoms with E-state index in [0.29, 0.717) is 12.8 Å². The molecule has 0 radical (unpaired) electrons. The van der Waals surface area contributed by atoms with E-state index in [2.05, 4.69) is 4.74 Å². The van der Waals surface area contributed by atoms with Crippen LogP contribution in [0.4, 0.5) is 0 Å². The molecular weight excluding hydrogens is 254 g/mol. The van der Waals surface area contributed by atoms with Crippen LogP contribution in [-0.4, -0.2) is 46.9 Å². The van der Waals surface area contributed by atoms with Crippen LogP contribution in [0.3, 0.4) is 0 Å². The summed E-state index contributed by atoms with van der Waals surface area (Å²) in [5.41, 5.74) is 0. The van der Waals surface area contributed by atoms with Gasteiger partial charge in [-0.15, -0.1) is 0 Å². The van der Waals surface area contributed by atoms with Gasteiger partial charge < -0.3 is 9.84 Å². The van der Waals surface area contributed by atoms with Crippen molar-refractivity contribution in [3.05, 3.63) is 0 Å². The largest absolute Gasteiger partial charge is 0.480 e. The summed E-state index contributed by atoms with van der Waals surface area (Å²) < 4.78 is 4.43. The number of esters is 1. The zero-order valence-electron chi connectivity index (χ0n) is 10.8. The van der Waals surface area contributed by atoms with E-state index in [1.807, 2.05) is 0 Å². The number of rotatable bonds is 5. The molecule has 106 valence electrons. The van der Waals surface area contributed by atoms with Crippen molar-refractivity contribution in [1.29, 1.82) is 0 Å². The maximum absolute atomic E-state index is 11.8. The van der Waals surface area contributed by atoms with E-state index in [-0.39, 0.29) is 25.7 Å². The Morgan fingerprint density at radius 1 is 1.26 bits per heavy atom. The molecule has 1 fully saturated rings. The minimum atomic E-state index is -1.29. The third-order valence-electron chi connectivity index (χ3n) is 3.01. The average molecular weight is 271 g/mol. The molecule has 0 aromatic carbocycles. The molecule has 7 nitrogen and oxygen atoms in total. The van der Waals surface area contributed by atoms with E-state index in [1.54, 1.807) is 0 Å². The summed E-state index contributed by atoms with van der Waals surface area (Å²) in [4.78, 5) is 46.7. The van der Waals surface area contributed by atoms with Crippen molar-refractivity contribution in [2.75, 3.05) is 7.11 Å². The van der Waals surface area contributed by atoms with Gasteiger partial charge in [-0.25, -0.2) is 4.79 Å². The van der Waals surface area contributed by atoms with Crippen LogP contribution in [0.15, 0.2) is 0 Å². The summed E-state index contributed by atoms with van der Waals surface area (Å²) in [6.45, 7) is 0. The first kappa shape index (κ1) is 15.1. The molecule has 1 aliphatic heterocycles. The highest BCUT2D eigenvalue weighted by atomic mass is 16.5. The summed E-state index contributed by atoms with van der Waals surface area (Å²) in [6.07, 6.45) is 1.19. The summed E-state index contributed by atoms with van der Waals surface area (Å²) in [6, 6.07) is -1.29. The molecule has 1 unspecified atom stereocenters. The number of aliphatic carboxylic acids is 1. The maximum atomic E-state index is 11.8. The van der Waals surface area contributed by atoms with Gasteiger partial charge in [-0.3, -0.25) is 19.3 Å². The Kier molecular flexibility index (Phi) is 5.47. The molecule has 0 aromatic heterocycles. The second-order valence-electron chi connectivity index (χ2n) is 4.33. The van der Waals surface area contributed by atoms with Crippen LogP contribution >= 0.6 is 0 Å². The number of hydrogen-bond donors (Lipinski definition) is 1. The highest BCUT2D eigenvalue weighted by Gasteiger charge is 2.35. The lowest BCUT2D eigenvalue weighted by Gasteiger charge is -2.25. The van der Waals surface area contributed by atoms with Gasteiger partial charge in [0.1, 0.15) is 6.04 Å². The second kappa shape index (κ2) is 6.86. The van der Waals surface area contributed by atoms with Crippen molar-refractivity contribution in [1.82, 2.24) is 4.90 Å². The van der Waals surface area contributed by atoms with Crippen LogP contribution in [0.5, 0.6) is 0 Å². The lowest BCUT2D eigenvalue weighted by atomic mass is 10.1. The third kappa shape index (κ3) is 4.04. The summed E-state index contributed by atoms with van der Waals surface area (Å²) >= 11 is 0. The number of methoxy groups -OCH3 is 1. The Hall–Kier alpha value is -1.92. The molecule has 1 aliphatic rings. The molecule has 0 aromatic rings. The van der Waals surface area contributed by atoms with Crippen molar-refractivity contribution in [3.8, 4) is 0 Å². The molecule has 1 saturated heterocycles. The molecule has 0 saturated carbocycles. The van der Waals surface area contributed by atoms with Crippen LogP contribution in [-0.2, 0) is 23.9 Å². The smallest absolute Gasteiger partial charge is 0.326 e. The number of hydrogen-bond acceptors (Lipinski definition) is 5. The number of carboxylic acid groups (broad SMARTS) is 1. The first-order valence-corrected chi connectivity index (χ1v) is 6.12. The Labute approximate surface area is 110 Å². The Morgan fingerprint density at radius 3 is 2.21 bits per heavy atom. The molecule has 0 aliphatic carbocycles. The topological polar surface area (TPSA) is 101 Å². The lowest BCUT2D eigenvalue weighted by Crippen LogP contribution is -2.48. The number of carbonyl (C=O) groups is 4. The standard InChI is InChI=1S/C12H17NO6/c1-19-11(16)7-6-8(12(17)18)13-9(14)4-2-3-5-10(13)15/h8H,2-7H2,1H3,(H,17,18). The number of carbonyl (C=O) groups excluding carboxylic acids is 3. The fourth-order valence-corrected chi connectivity index (χ4v) is 2.00. The Balaban J connectivity index is 2.83. The second-order valence-corrected chi connectivity index (χ2v) is 4.33. The quantitative estimate of drug-likeness (QED) is 0.571. The van der Waals surface area contributed by atoms with Gasteiger partial charge in [0, 0.05) is 19.3 Å². The molecule has 2 amide bonds. The number of ether oxygens (including phenoxy) is 1.